The average molecular weight is 414 g/mol. The van der Waals surface area contributed by atoms with Gasteiger partial charge in [-0.05, 0) is 36.4 Å². The Hall–Kier alpha value is -2.30. The van der Waals surface area contributed by atoms with Gasteiger partial charge in [-0.2, -0.15) is 0 Å². The molecule has 0 atom stereocenters. The fourth-order valence-electron chi connectivity index (χ4n) is 2.66. The number of H-pyrrole nitrogens is 1. The van der Waals surface area contributed by atoms with Crippen molar-refractivity contribution < 1.29 is 4.74 Å². The summed E-state index contributed by atoms with van der Waals surface area (Å²) in [6, 6.07) is 21.5. The van der Waals surface area contributed by atoms with Gasteiger partial charge in [-0.3, -0.25) is 0 Å². The second-order valence-electron chi connectivity index (χ2n) is 5.62. The van der Waals surface area contributed by atoms with Gasteiger partial charge >= 0.3 is 0 Å². The molecule has 0 spiro atoms. The van der Waals surface area contributed by atoms with E-state index in [0.29, 0.717) is 11.6 Å². The molecular formula is C20H14BrClN2O. The number of nitrogens with one attached hydrogen (secondary N) is 1. The van der Waals surface area contributed by atoms with Gasteiger partial charge in [0.25, 0.3) is 0 Å². The molecule has 0 bridgehead atoms. The summed E-state index contributed by atoms with van der Waals surface area (Å²) in [5.41, 5.74) is 3.77. The van der Waals surface area contributed by atoms with Crippen LogP contribution in [0.15, 0.2) is 71.2 Å². The van der Waals surface area contributed by atoms with Crippen LogP contribution in [0.1, 0.15) is 5.56 Å². The number of aromatic nitrogens is 2. The Labute approximate surface area is 158 Å². The number of nitrogens with zero attached hydrogens (tertiary/aromatic N) is 1. The molecule has 3 nitrogen and oxygen atoms in total. The predicted molar refractivity (Wildman–Crippen MR) is 105 cm³/mol. The molecule has 124 valence electrons. The summed E-state index contributed by atoms with van der Waals surface area (Å²) in [6.07, 6.45) is 0. The van der Waals surface area contributed by atoms with Gasteiger partial charge in [-0.25, -0.2) is 4.98 Å². The number of hydrogen-bond acceptors (Lipinski definition) is 2. The zero-order chi connectivity index (χ0) is 17.2. The van der Waals surface area contributed by atoms with Crippen LogP contribution in [0.25, 0.3) is 22.4 Å². The highest BCUT2D eigenvalue weighted by Gasteiger charge is 2.12. The zero-order valence-corrected chi connectivity index (χ0v) is 15.5. The molecule has 5 heteroatoms. The summed E-state index contributed by atoms with van der Waals surface area (Å²) in [4.78, 5) is 8.03. The van der Waals surface area contributed by atoms with Gasteiger partial charge in [0.2, 0.25) is 0 Å². The molecule has 25 heavy (non-hydrogen) atoms. The first-order chi connectivity index (χ1) is 12.2. The lowest BCUT2D eigenvalue weighted by molar-refractivity contribution is 0.307. The lowest BCUT2D eigenvalue weighted by Crippen LogP contribution is -1.98. The summed E-state index contributed by atoms with van der Waals surface area (Å²) in [7, 11) is 0. The molecule has 0 saturated heterocycles. The third-order valence-electron chi connectivity index (χ3n) is 3.93. The molecule has 1 N–H and O–H groups in total. The van der Waals surface area contributed by atoms with Gasteiger partial charge < -0.3 is 9.72 Å². The third kappa shape index (κ3) is 3.41. The molecule has 1 aromatic heterocycles. The Balaban J connectivity index is 1.70. The van der Waals surface area contributed by atoms with E-state index < -0.39 is 0 Å². The van der Waals surface area contributed by atoms with E-state index in [1.807, 2.05) is 66.7 Å². The first-order valence-corrected chi connectivity index (χ1v) is 8.99. The molecule has 0 aliphatic heterocycles. The minimum absolute atomic E-state index is 0.397. The van der Waals surface area contributed by atoms with E-state index >= 15 is 0 Å². The fraction of sp³-hybridized carbons (Fsp3) is 0.0500. The van der Waals surface area contributed by atoms with Gasteiger partial charge in [0.05, 0.1) is 16.6 Å². The molecule has 0 aliphatic carbocycles. The molecule has 0 unspecified atom stereocenters. The monoisotopic (exact) mass is 412 g/mol. The second-order valence-corrected chi connectivity index (χ2v) is 6.95. The van der Waals surface area contributed by atoms with Crippen molar-refractivity contribution >= 4 is 38.6 Å². The van der Waals surface area contributed by atoms with Crippen molar-refractivity contribution in [3.8, 4) is 17.1 Å². The van der Waals surface area contributed by atoms with Crippen LogP contribution in [0.4, 0.5) is 0 Å². The Bertz CT molecular complexity index is 1010. The minimum Gasteiger partial charge on any atom is -0.488 e. The number of para-hydroxylation sites is 2. The molecule has 4 rings (SSSR count). The summed E-state index contributed by atoms with van der Waals surface area (Å²) < 4.78 is 7.01. The number of imidazole rings is 1. The van der Waals surface area contributed by atoms with Gasteiger partial charge in [0.15, 0.2) is 0 Å². The SMILES string of the molecule is Clc1ccccc1COc1ccc(Br)cc1-c1nc2ccccc2[nH]1. The van der Waals surface area contributed by atoms with E-state index in [2.05, 4.69) is 25.9 Å². The van der Waals surface area contributed by atoms with Crippen LogP contribution in [0.5, 0.6) is 5.75 Å². The predicted octanol–water partition coefficient (Wildman–Crippen LogP) is 6.22. The standard InChI is InChI=1S/C20H14BrClN2O/c21-14-9-10-19(25-12-13-5-1-2-6-16(13)22)15(11-14)20-23-17-7-3-4-8-18(17)24-20/h1-11H,12H2,(H,23,24). The summed E-state index contributed by atoms with van der Waals surface area (Å²) in [5, 5.41) is 0.699. The van der Waals surface area contributed by atoms with Gasteiger partial charge in [0, 0.05) is 15.1 Å². The minimum atomic E-state index is 0.397. The van der Waals surface area contributed by atoms with Crippen LogP contribution in [-0.4, -0.2) is 9.97 Å². The highest BCUT2D eigenvalue weighted by molar-refractivity contribution is 9.10. The van der Waals surface area contributed by atoms with Gasteiger partial charge in [0.1, 0.15) is 18.2 Å². The first-order valence-electron chi connectivity index (χ1n) is 7.81. The second kappa shape index (κ2) is 6.90. The highest BCUT2D eigenvalue weighted by atomic mass is 79.9. The van der Waals surface area contributed by atoms with E-state index in [-0.39, 0.29) is 0 Å². The summed E-state index contributed by atoms with van der Waals surface area (Å²) in [5.74, 6) is 1.53. The van der Waals surface area contributed by atoms with E-state index in [0.717, 1.165) is 38.2 Å². The molecule has 0 aliphatic rings. The average Bonchev–Trinajstić information content (AvgIpc) is 3.06. The van der Waals surface area contributed by atoms with Crippen molar-refractivity contribution in [1.29, 1.82) is 0 Å². The maximum absolute atomic E-state index is 6.22. The Morgan fingerprint density at radius 2 is 1.80 bits per heavy atom. The highest BCUT2D eigenvalue weighted by Crippen LogP contribution is 2.33. The Morgan fingerprint density at radius 3 is 2.64 bits per heavy atom. The molecule has 4 aromatic rings. The number of hydrogen-bond donors (Lipinski definition) is 1. The van der Waals surface area contributed by atoms with Crippen LogP contribution in [0, 0.1) is 0 Å². The topological polar surface area (TPSA) is 37.9 Å². The summed E-state index contributed by atoms with van der Waals surface area (Å²) in [6.45, 7) is 0.397. The Morgan fingerprint density at radius 1 is 1.00 bits per heavy atom. The normalized spacial score (nSPS) is 11.0. The number of ether oxygens (including phenoxy) is 1. The smallest absolute Gasteiger partial charge is 0.142 e. The van der Waals surface area contributed by atoms with E-state index in [4.69, 9.17) is 16.3 Å². The van der Waals surface area contributed by atoms with Crippen molar-refractivity contribution in [2.24, 2.45) is 0 Å². The molecule has 0 fully saturated rings. The lowest BCUT2D eigenvalue weighted by Gasteiger charge is -2.11. The van der Waals surface area contributed by atoms with Crippen molar-refractivity contribution in [2.75, 3.05) is 0 Å². The quantitative estimate of drug-likeness (QED) is 0.431. The molecule has 0 saturated carbocycles. The first kappa shape index (κ1) is 16.2. The maximum Gasteiger partial charge on any atom is 0.142 e. The van der Waals surface area contributed by atoms with Crippen molar-refractivity contribution in [1.82, 2.24) is 9.97 Å². The largest absolute Gasteiger partial charge is 0.488 e. The molecule has 1 heterocycles. The lowest BCUT2D eigenvalue weighted by atomic mass is 10.2. The number of benzene rings is 3. The van der Waals surface area contributed by atoms with Crippen molar-refractivity contribution in [2.45, 2.75) is 6.61 Å². The number of aromatic amines is 1. The third-order valence-corrected chi connectivity index (χ3v) is 4.79. The molecule has 0 amide bonds. The van der Waals surface area contributed by atoms with Gasteiger partial charge in [-0.1, -0.05) is 57.9 Å². The number of fused-ring (bicyclic) bond motifs is 1. The summed E-state index contributed by atoms with van der Waals surface area (Å²) >= 11 is 9.75. The Kier molecular flexibility index (Phi) is 4.47. The maximum atomic E-state index is 6.22. The van der Waals surface area contributed by atoms with Gasteiger partial charge in [-0.15, -0.1) is 0 Å². The zero-order valence-electron chi connectivity index (χ0n) is 13.2. The van der Waals surface area contributed by atoms with Crippen LogP contribution in [0.3, 0.4) is 0 Å². The van der Waals surface area contributed by atoms with Crippen LogP contribution in [0.2, 0.25) is 5.02 Å². The van der Waals surface area contributed by atoms with Crippen molar-refractivity contribution in [3.63, 3.8) is 0 Å². The van der Waals surface area contributed by atoms with Crippen molar-refractivity contribution in [3.05, 3.63) is 81.8 Å². The molecule has 0 radical (unpaired) electrons. The number of halogens is 2. The number of rotatable bonds is 4. The molecule has 3 aromatic carbocycles. The molecular weight excluding hydrogens is 400 g/mol. The van der Waals surface area contributed by atoms with Crippen LogP contribution >= 0.6 is 27.5 Å². The van der Waals surface area contributed by atoms with E-state index in [1.165, 1.54) is 0 Å². The fourth-order valence-corrected chi connectivity index (χ4v) is 3.22. The van der Waals surface area contributed by atoms with Crippen LogP contribution < -0.4 is 4.74 Å². The van der Waals surface area contributed by atoms with Crippen LogP contribution in [-0.2, 0) is 6.61 Å². The van der Waals surface area contributed by atoms with E-state index in [1.54, 1.807) is 0 Å². The van der Waals surface area contributed by atoms with E-state index in [9.17, 15) is 0 Å².